The van der Waals surface area contributed by atoms with E-state index in [1.54, 1.807) is 5.38 Å². The van der Waals surface area contributed by atoms with Crippen LogP contribution in [-0.2, 0) is 0 Å². The van der Waals surface area contributed by atoms with Crippen LogP contribution in [0.4, 0.5) is 0 Å². The van der Waals surface area contributed by atoms with Gasteiger partial charge >= 0.3 is 0 Å². The van der Waals surface area contributed by atoms with Crippen molar-refractivity contribution in [2.75, 3.05) is 6.54 Å². The van der Waals surface area contributed by atoms with E-state index in [9.17, 15) is 4.79 Å². The van der Waals surface area contributed by atoms with Crippen molar-refractivity contribution in [1.29, 1.82) is 0 Å². The van der Waals surface area contributed by atoms with Gasteiger partial charge in [-0.3, -0.25) is 4.79 Å². The number of nitrogens with two attached hydrogens (primary N) is 1. The van der Waals surface area contributed by atoms with E-state index in [1.165, 1.54) is 11.3 Å². The Morgan fingerprint density at radius 3 is 2.89 bits per heavy atom. The molecule has 0 bridgehead atoms. The smallest absolute Gasteiger partial charge is 0.271 e. The Morgan fingerprint density at radius 2 is 2.32 bits per heavy atom. The number of carbonyl (C=O) groups excluding carboxylic acids is 1. The van der Waals surface area contributed by atoms with Gasteiger partial charge in [-0.2, -0.15) is 0 Å². The monoisotopic (exact) mass is 301 g/mol. The molecule has 2 rings (SSSR count). The van der Waals surface area contributed by atoms with Crippen molar-refractivity contribution in [3.05, 3.63) is 29.0 Å². The van der Waals surface area contributed by atoms with E-state index in [1.807, 2.05) is 26.0 Å². The molecule has 5 nitrogen and oxygen atoms in total. The molecule has 2 aromatic rings. The molecule has 0 unspecified atom stereocenters. The van der Waals surface area contributed by atoms with Crippen LogP contribution in [0.3, 0.4) is 0 Å². The number of carbonyl (C=O) groups is 1. The molecule has 1 amide bonds. The zero-order valence-electron chi connectivity index (χ0n) is 10.7. The molecule has 104 valence electrons. The minimum Gasteiger partial charge on any atom is -0.459 e. The highest BCUT2D eigenvalue weighted by atomic mass is 35.5. The zero-order valence-corrected chi connectivity index (χ0v) is 12.3. The van der Waals surface area contributed by atoms with E-state index in [4.69, 9.17) is 10.2 Å². The number of furan rings is 1. The molecular formula is C12H16ClN3O2S. The lowest BCUT2D eigenvalue weighted by Crippen LogP contribution is -2.37. The second kappa shape index (κ2) is 6.70. The van der Waals surface area contributed by atoms with Gasteiger partial charge in [0.15, 0.2) is 10.8 Å². The van der Waals surface area contributed by atoms with Crippen LogP contribution in [0.5, 0.6) is 0 Å². The van der Waals surface area contributed by atoms with Crippen molar-refractivity contribution in [2.45, 2.75) is 19.9 Å². The summed E-state index contributed by atoms with van der Waals surface area (Å²) in [7, 11) is 0. The molecular weight excluding hydrogens is 286 g/mol. The SMILES string of the molecule is Cc1ccc(-c2nc(C(=O)N[C@@H](C)CN)cs2)o1.Cl. The van der Waals surface area contributed by atoms with Gasteiger partial charge in [-0.1, -0.05) is 0 Å². The van der Waals surface area contributed by atoms with Gasteiger partial charge < -0.3 is 15.5 Å². The molecule has 0 aliphatic heterocycles. The predicted octanol–water partition coefficient (Wildman–Crippen LogP) is 2.21. The number of hydrogen-bond donors (Lipinski definition) is 2. The minimum absolute atomic E-state index is 0. The Labute approximate surface area is 121 Å². The third-order valence-electron chi connectivity index (χ3n) is 2.42. The molecule has 0 fully saturated rings. The highest BCUT2D eigenvalue weighted by Gasteiger charge is 2.14. The van der Waals surface area contributed by atoms with Gasteiger partial charge in [0.1, 0.15) is 11.5 Å². The molecule has 2 heterocycles. The molecule has 0 saturated carbocycles. The van der Waals surface area contributed by atoms with Crippen LogP contribution in [0.1, 0.15) is 23.2 Å². The molecule has 0 aromatic carbocycles. The maximum absolute atomic E-state index is 11.8. The minimum atomic E-state index is -0.210. The van der Waals surface area contributed by atoms with Crippen LogP contribution in [0.25, 0.3) is 10.8 Å². The largest absolute Gasteiger partial charge is 0.459 e. The quantitative estimate of drug-likeness (QED) is 0.907. The van der Waals surface area contributed by atoms with Crippen molar-refractivity contribution in [2.24, 2.45) is 5.73 Å². The number of amides is 1. The van der Waals surface area contributed by atoms with Gasteiger partial charge in [0, 0.05) is 18.0 Å². The van der Waals surface area contributed by atoms with Gasteiger partial charge in [-0.05, 0) is 26.0 Å². The standard InChI is InChI=1S/C12H15N3O2S.ClH/c1-7(5-13)14-11(16)9-6-18-12(15-9)10-4-3-8(2)17-10;/h3-4,6-7H,5,13H2,1-2H3,(H,14,16);1H/t7-;/m0./s1. The van der Waals surface area contributed by atoms with Gasteiger partial charge in [-0.15, -0.1) is 23.7 Å². The lowest BCUT2D eigenvalue weighted by atomic mass is 10.3. The summed E-state index contributed by atoms with van der Waals surface area (Å²) in [5, 5.41) is 5.18. The molecule has 1 atom stereocenters. The third-order valence-corrected chi connectivity index (χ3v) is 3.28. The predicted molar refractivity (Wildman–Crippen MR) is 77.8 cm³/mol. The summed E-state index contributed by atoms with van der Waals surface area (Å²) >= 11 is 1.38. The van der Waals surface area contributed by atoms with Gasteiger partial charge in [-0.25, -0.2) is 4.98 Å². The number of nitrogens with one attached hydrogen (secondary N) is 1. The summed E-state index contributed by atoms with van der Waals surface area (Å²) in [5.74, 6) is 1.30. The van der Waals surface area contributed by atoms with Crippen molar-refractivity contribution in [1.82, 2.24) is 10.3 Å². The van der Waals surface area contributed by atoms with Gasteiger partial charge in [0.05, 0.1) is 0 Å². The van der Waals surface area contributed by atoms with E-state index >= 15 is 0 Å². The lowest BCUT2D eigenvalue weighted by molar-refractivity contribution is 0.0937. The second-order valence-corrected chi connectivity index (χ2v) is 4.92. The molecule has 0 aliphatic carbocycles. The summed E-state index contributed by atoms with van der Waals surface area (Å²) in [6.45, 7) is 4.12. The van der Waals surface area contributed by atoms with Crippen LogP contribution in [0.2, 0.25) is 0 Å². The van der Waals surface area contributed by atoms with E-state index < -0.39 is 0 Å². The number of nitrogens with zero attached hydrogens (tertiary/aromatic N) is 1. The topological polar surface area (TPSA) is 81.2 Å². The third kappa shape index (κ3) is 3.79. The Bertz CT molecular complexity index is 553. The van der Waals surface area contributed by atoms with Crippen LogP contribution >= 0.6 is 23.7 Å². The maximum atomic E-state index is 11.8. The summed E-state index contributed by atoms with van der Waals surface area (Å²) < 4.78 is 5.46. The fourth-order valence-electron chi connectivity index (χ4n) is 1.40. The first-order valence-electron chi connectivity index (χ1n) is 5.63. The first-order chi connectivity index (χ1) is 8.60. The molecule has 0 radical (unpaired) electrons. The Kier molecular flexibility index (Phi) is 5.53. The highest BCUT2D eigenvalue weighted by molar-refractivity contribution is 7.13. The number of halogens is 1. The summed E-state index contributed by atoms with van der Waals surface area (Å²) in [5.41, 5.74) is 5.84. The molecule has 0 spiro atoms. The Hall–Kier alpha value is -1.37. The first kappa shape index (κ1) is 15.7. The maximum Gasteiger partial charge on any atom is 0.271 e. The van der Waals surface area contributed by atoms with Crippen molar-refractivity contribution >= 4 is 29.7 Å². The van der Waals surface area contributed by atoms with Crippen molar-refractivity contribution < 1.29 is 9.21 Å². The van der Waals surface area contributed by atoms with E-state index in [0.29, 0.717) is 23.0 Å². The lowest BCUT2D eigenvalue weighted by Gasteiger charge is -2.09. The van der Waals surface area contributed by atoms with Crippen molar-refractivity contribution in [3.63, 3.8) is 0 Å². The Morgan fingerprint density at radius 1 is 1.58 bits per heavy atom. The highest BCUT2D eigenvalue weighted by Crippen LogP contribution is 2.25. The van der Waals surface area contributed by atoms with Gasteiger partial charge in [0.25, 0.3) is 5.91 Å². The molecule has 0 saturated heterocycles. The van der Waals surface area contributed by atoms with Crippen LogP contribution in [-0.4, -0.2) is 23.5 Å². The van der Waals surface area contributed by atoms with E-state index in [2.05, 4.69) is 10.3 Å². The number of rotatable bonds is 4. The number of aromatic nitrogens is 1. The number of thiazole rings is 1. The fraction of sp³-hybridized carbons (Fsp3) is 0.333. The van der Waals surface area contributed by atoms with Crippen LogP contribution in [0.15, 0.2) is 21.9 Å². The van der Waals surface area contributed by atoms with Crippen LogP contribution in [0, 0.1) is 6.92 Å². The average Bonchev–Trinajstić information content (AvgIpc) is 2.96. The second-order valence-electron chi connectivity index (χ2n) is 4.06. The number of hydrogen-bond acceptors (Lipinski definition) is 5. The normalized spacial score (nSPS) is 11.7. The average molecular weight is 302 g/mol. The molecule has 3 N–H and O–H groups in total. The van der Waals surface area contributed by atoms with Gasteiger partial charge in [0.2, 0.25) is 0 Å². The fourth-order valence-corrected chi connectivity index (χ4v) is 2.16. The molecule has 19 heavy (non-hydrogen) atoms. The summed E-state index contributed by atoms with van der Waals surface area (Å²) in [4.78, 5) is 16.1. The van der Waals surface area contributed by atoms with Crippen LogP contribution < -0.4 is 11.1 Å². The first-order valence-corrected chi connectivity index (χ1v) is 6.51. The number of aryl methyl sites for hydroxylation is 1. The Balaban J connectivity index is 0.00000180. The summed E-state index contributed by atoms with van der Waals surface area (Å²) in [6.07, 6.45) is 0. The zero-order chi connectivity index (χ0) is 13.1. The van der Waals surface area contributed by atoms with Crippen molar-refractivity contribution in [3.8, 4) is 10.8 Å². The molecule has 2 aromatic heterocycles. The van der Waals surface area contributed by atoms with E-state index in [-0.39, 0.29) is 24.4 Å². The summed E-state index contributed by atoms with van der Waals surface area (Å²) in [6, 6.07) is 3.65. The van der Waals surface area contributed by atoms with E-state index in [0.717, 1.165) is 5.76 Å². The molecule has 7 heteroatoms. The molecule has 0 aliphatic rings.